The minimum absolute atomic E-state index is 0.125. The van der Waals surface area contributed by atoms with E-state index in [-0.39, 0.29) is 43.0 Å². The van der Waals surface area contributed by atoms with Crippen LogP contribution in [-0.4, -0.2) is 41.7 Å². The van der Waals surface area contributed by atoms with Crippen LogP contribution in [0.25, 0.3) is 5.57 Å². The van der Waals surface area contributed by atoms with Crippen LogP contribution in [0.4, 0.5) is 5.69 Å². The number of hydrogen-bond donors (Lipinski definition) is 1. The quantitative estimate of drug-likeness (QED) is 0.192. The average molecular weight is 650 g/mol. The molecule has 0 spiro atoms. The molecule has 4 aromatic rings. The third-order valence-corrected chi connectivity index (χ3v) is 11.0. The van der Waals surface area contributed by atoms with Crippen LogP contribution in [0.2, 0.25) is 0 Å². The predicted molar refractivity (Wildman–Crippen MR) is 185 cm³/mol. The van der Waals surface area contributed by atoms with Crippen molar-refractivity contribution in [1.82, 2.24) is 0 Å². The lowest BCUT2D eigenvalue weighted by Crippen LogP contribution is -2.58. The second kappa shape index (κ2) is 12.2. The molecule has 244 valence electrons. The van der Waals surface area contributed by atoms with E-state index in [4.69, 9.17) is 4.74 Å². The zero-order chi connectivity index (χ0) is 33.7. The third-order valence-electron chi connectivity index (χ3n) is 11.0. The third kappa shape index (κ3) is 4.75. The van der Waals surface area contributed by atoms with Gasteiger partial charge < -0.3 is 9.84 Å². The number of allylic oxidation sites excluding steroid dienone is 4. The first-order valence-electron chi connectivity index (χ1n) is 16.8. The van der Waals surface area contributed by atoms with Crippen LogP contribution in [-0.2, 0) is 24.6 Å². The number of imide groups is 1. The number of fused-ring (bicyclic) bond motifs is 4. The molecule has 4 aliphatic rings. The molecule has 1 saturated heterocycles. The van der Waals surface area contributed by atoms with Gasteiger partial charge in [-0.05, 0) is 65.8 Å². The van der Waals surface area contributed by atoms with Crippen molar-refractivity contribution < 1.29 is 29.0 Å². The monoisotopic (exact) mass is 649 g/mol. The molecule has 1 heterocycles. The van der Waals surface area contributed by atoms with Gasteiger partial charge in [0.05, 0.1) is 29.5 Å². The van der Waals surface area contributed by atoms with Gasteiger partial charge in [0.2, 0.25) is 11.8 Å². The van der Waals surface area contributed by atoms with Gasteiger partial charge >= 0.3 is 0 Å². The minimum atomic E-state index is -1.29. The second-order valence-electron chi connectivity index (χ2n) is 13.3. The number of aliphatic hydroxyl groups is 1. The summed E-state index contributed by atoms with van der Waals surface area (Å²) in [6.07, 6.45) is 4.22. The number of anilines is 1. The Labute approximate surface area is 284 Å². The normalized spacial score (nSPS) is 27.5. The van der Waals surface area contributed by atoms with Crippen molar-refractivity contribution in [2.45, 2.75) is 24.2 Å². The van der Waals surface area contributed by atoms with Crippen LogP contribution >= 0.6 is 0 Å². The number of rotatable bonds is 7. The number of nitrogens with zero attached hydrogens (tertiary/aromatic N) is 1. The van der Waals surface area contributed by atoms with E-state index in [0.717, 1.165) is 16.7 Å². The van der Waals surface area contributed by atoms with E-state index in [1.807, 2.05) is 103 Å². The van der Waals surface area contributed by atoms with Gasteiger partial charge in [-0.2, -0.15) is 0 Å². The maximum absolute atomic E-state index is 15.1. The number of ketones is 2. The van der Waals surface area contributed by atoms with Gasteiger partial charge in [-0.15, -0.1) is 0 Å². The Hall–Kier alpha value is -5.40. The summed E-state index contributed by atoms with van der Waals surface area (Å²) in [5.41, 5.74) is 2.77. The minimum Gasteiger partial charge on any atom is -0.491 e. The molecule has 6 atom stereocenters. The van der Waals surface area contributed by atoms with Crippen molar-refractivity contribution in [3.05, 3.63) is 150 Å². The number of hydrogen-bond acceptors (Lipinski definition) is 6. The fourth-order valence-electron chi connectivity index (χ4n) is 9.00. The smallest absolute Gasteiger partial charge is 0.238 e. The van der Waals surface area contributed by atoms with Crippen molar-refractivity contribution in [3.8, 4) is 5.75 Å². The molecular formula is C42H35NO6. The first kappa shape index (κ1) is 30.9. The highest BCUT2D eigenvalue weighted by molar-refractivity contribution is 6.32. The number of carbonyl (C=O) groups excluding carboxylic acids is 4. The Bertz CT molecular complexity index is 2000. The molecule has 2 amide bonds. The molecule has 0 bridgehead atoms. The number of aliphatic hydroxyl groups excluding tert-OH is 1. The fraction of sp³-hybridized carbons (Fsp3) is 0.238. The van der Waals surface area contributed by atoms with Crippen molar-refractivity contribution in [2.24, 2.45) is 23.7 Å². The molecular weight excluding hydrogens is 614 g/mol. The molecule has 1 N–H and O–H groups in total. The molecule has 49 heavy (non-hydrogen) atoms. The van der Waals surface area contributed by atoms with E-state index in [1.54, 1.807) is 12.1 Å². The van der Waals surface area contributed by atoms with Crippen LogP contribution in [0.3, 0.4) is 0 Å². The van der Waals surface area contributed by atoms with E-state index in [0.29, 0.717) is 29.0 Å². The Morgan fingerprint density at radius 1 is 0.755 bits per heavy atom. The molecule has 0 radical (unpaired) electrons. The van der Waals surface area contributed by atoms with Crippen molar-refractivity contribution in [2.75, 3.05) is 18.1 Å². The molecule has 2 fully saturated rings. The lowest BCUT2D eigenvalue weighted by Gasteiger charge is -2.55. The molecule has 8 rings (SSSR count). The summed E-state index contributed by atoms with van der Waals surface area (Å²) < 4.78 is 5.68. The Kier molecular flexibility index (Phi) is 7.72. The number of benzene rings is 4. The maximum atomic E-state index is 15.1. The van der Waals surface area contributed by atoms with Gasteiger partial charge in [-0.3, -0.25) is 24.1 Å². The molecule has 7 nitrogen and oxygen atoms in total. The van der Waals surface area contributed by atoms with Crippen LogP contribution < -0.4 is 9.64 Å². The summed E-state index contributed by atoms with van der Waals surface area (Å²) in [6, 6.07) is 35.3. The highest BCUT2D eigenvalue weighted by atomic mass is 16.5. The molecule has 7 heteroatoms. The average Bonchev–Trinajstić information content (AvgIpc) is 3.41. The first-order chi connectivity index (χ1) is 23.9. The van der Waals surface area contributed by atoms with Crippen LogP contribution in [0.5, 0.6) is 5.75 Å². The van der Waals surface area contributed by atoms with Crippen molar-refractivity contribution in [1.29, 1.82) is 0 Å². The Balaban J connectivity index is 1.34. The lowest BCUT2D eigenvalue weighted by molar-refractivity contribution is -0.135. The second-order valence-corrected chi connectivity index (χ2v) is 13.3. The van der Waals surface area contributed by atoms with E-state index in [1.165, 1.54) is 11.0 Å². The summed E-state index contributed by atoms with van der Waals surface area (Å²) in [6.45, 7) is 0.0168. The number of Topliss-reactive ketones (excluding diaryl/α,β-unsaturated/α-hetero) is 1. The first-order valence-corrected chi connectivity index (χ1v) is 16.8. The standard InChI is InChI=1S/C42H35NO6/c44-22-23-49-30-18-16-27(17-19-30)38-31-20-21-32-37(41(48)43(40(32)47)29-14-8-3-9-15-29)34(31)24-35-39(46)33(26-10-4-1-5-11-26)25-36(45)42(35,38)28-12-6-2-7-13-28/h1-20,25,32,34-35,37-38,44H,21-24H2/t32-,34+,35-,37-,38-,42-/m0/s1. The zero-order valence-electron chi connectivity index (χ0n) is 26.8. The van der Waals surface area contributed by atoms with Gasteiger partial charge in [-0.1, -0.05) is 103 Å². The summed E-state index contributed by atoms with van der Waals surface area (Å²) in [5.74, 6) is -3.26. The lowest BCUT2D eigenvalue weighted by atomic mass is 9.44. The topological polar surface area (TPSA) is 101 Å². The van der Waals surface area contributed by atoms with Crippen LogP contribution in [0, 0.1) is 23.7 Å². The van der Waals surface area contributed by atoms with Gasteiger partial charge in [0.1, 0.15) is 12.4 Å². The molecule has 1 saturated carbocycles. The highest BCUT2D eigenvalue weighted by Gasteiger charge is 2.66. The summed E-state index contributed by atoms with van der Waals surface area (Å²) in [4.78, 5) is 59.7. The van der Waals surface area contributed by atoms with Crippen molar-refractivity contribution >= 4 is 34.6 Å². The Morgan fingerprint density at radius 2 is 1.41 bits per heavy atom. The number of amides is 2. The number of para-hydroxylation sites is 1. The largest absolute Gasteiger partial charge is 0.491 e. The SMILES string of the molecule is O=C1C(c2ccccc2)=CC(=O)[C@@]2(c3ccccc3)[C@@H](c3ccc(OCCO)cc3)C3=CC[C@@H]4C(=O)N(c5ccccc5)C(=O)[C@@H]4[C@@H]3C[C@@H]12. The van der Waals surface area contributed by atoms with Crippen molar-refractivity contribution in [3.63, 3.8) is 0 Å². The zero-order valence-corrected chi connectivity index (χ0v) is 26.8. The summed E-state index contributed by atoms with van der Waals surface area (Å²) in [5, 5.41) is 9.31. The molecule has 0 unspecified atom stereocenters. The molecule has 1 aliphatic heterocycles. The van der Waals surface area contributed by atoms with E-state index < -0.39 is 35.0 Å². The van der Waals surface area contributed by atoms with Gasteiger partial charge in [0.25, 0.3) is 0 Å². The summed E-state index contributed by atoms with van der Waals surface area (Å²) in [7, 11) is 0. The van der Waals surface area contributed by atoms with Gasteiger partial charge in [-0.25, -0.2) is 0 Å². The number of carbonyl (C=O) groups is 4. The fourth-order valence-corrected chi connectivity index (χ4v) is 9.00. The van der Waals surface area contributed by atoms with E-state index in [9.17, 15) is 19.5 Å². The summed E-state index contributed by atoms with van der Waals surface area (Å²) >= 11 is 0. The predicted octanol–water partition coefficient (Wildman–Crippen LogP) is 6.09. The molecule has 3 aliphatic carbocycles. The highest BCUT2D eigenvalue weighted by Crippen LogP contribution is 2.63. The van der Waals surface area contributed by atoms with Gasteiger partial charge in [0, 0.05) is 17.4 Å². The number of ether oxygens (including phenoxy) is 1. The van der Waals surface area contributed by atoms with Crippen LogP contribution in [0.1, 0.15) is 35.4 Å². The van der Waals surface area contributed by atoms with E-state index in [2.05, 4.69) is 6.08 Å². The molecule has 0 aromatic heterocycles. The molecule has 4 aromatic carbocycles. The maximum Gasteiger partial charge on any atom is 0.238 e. The van der Waals surface area contributed by atoms with Crippen LogP contribution in [0.15, 0.2) is 133 Å². The Morgan fingerprint density at radius 3 is 2.08 bits per heavy atom. The van der Waals surface area contributed by atoms with Gasteiger partial charge in [0.15, 0.2) is 11.6 Å². The van der Waals surface area contributed by atoms with E-state index >= 15 is 4.79 Å².